The predicted octanol–water partition coefficient (Wildman–Crippen LogP) is 27.1. The summed E-state index contributed by atoms with van der Waals surface area (Å²) in [5.74, 6) is 1.38. The highest BCUT2D eigenvalue weighted by Crippen LogP contribution is 2.46. The predicted molar refractivity (Wildman–Crippen MR) is 359 cm³/mol. The van der Waals surface area contributed by atoms with Crippen LogP contribution < -0.4 is 0 Å². The van der Waals surface area contributed by atoms with Gasteiger partial charge in [0.25, 0.3) is 0 Å². The highest BCUT2D eigenvalue weighted by atomic mass is 15.2. The van der Waals surface area contributed by atoms with Gasteiger partial charge in [0.1, 0.15) is 0 Å². The molecular weight excluding hydrogens is 965 g/mol. The fourth-order valence-electron chi connectivity index (χ4n) is 13.0. The van der Waals surface area contributed by atoms with Crippen LogP contribution in [0.25, 0.3) is 16.9 Å². The van der Waals surface area contributed by atoms with Gasteiger partial charge in [-0.15, -0.1) is 0 Å². The molecule has 0 saturated heterocycles. The van der Waals surface area contributed by atoms with Crippen LogP contribution in [0.3, 0.4) is 0 Å². The Hall–Kier alpha value is -3.00. The summed E-state index contributed by atoms with van der Waals surface area (Å²) in [6.07, 6.45) is 75.9. The maximum Gasteiger partial charge on any atom is 0.211 e. The SMILES string of the molecule is CCCCCCCCCCCCCCC=CCC(CCCC)CCc1ccccc1C1=C(CCCCCC)C(CCCCCCCC)=C(c2ccccc2CCC(CC=CCCCCCCCCCCCCCC)CCCC)[N+]1=[N-]. The van der Waals surface area contributed by atoms with Crippen molar-refractivity contribution >= 4 is 11.4 Å². The van der Waals surface area contributed by atoms with E-state index in [2.05, 4.69) is 114 Å². The molecule has 2 unspecified atom stereocenters. The first kappa shape index (κ1) is 71.3. The van der Waals surface area contributed by atoms with Crippen LogP contribution >= 0.6 is 0 Å². The zero-order valence-corrected chi connectivity index (χ0v) is 54.3. The molecule has 0 spiro atoms. The minimum Gasteiger partial charge on any atom is -0.493 e. The molecule has 1 aliphatic heterocycles. The van der Waals surface area contributed by atoms with E-state index in [4.69, 9.17) is 0 Å². The maximum atomic E-state index is 13.1. The van der Waals surface area contributed by atoms with Gasteiger partial charge < -0.3 is 5.53 Å². The lowest BCUT2D eigenvalue weighted by Gasteiger charge is -2.18. The van der Waals surface area contributed by atoms with Gasteiger partial charge in [-0.25, -0.2) is 4.70 Å². The van der Waals surface area contributed by atoms with Crippen LogP contribution in [0.1, 0.15) is 372 Å². The van der Waals surface area contributed by atoms with Gasteiger partial charge in [-0.3, -0.25) is 0 Å². The molecule has 454 valence electrons. The van der Waals surface area contributed by atoms with E-state index in [0.29, 0.717) is 11.8 Å². The molecule has 2 aromatic carbocycles. The normalized spacial score (nSPS) is 13.8. The summed E-state index contributed by atoms with van der Waals surface area (Å²) in [6.45, 7) is 14.0. The zero-order chi connectivity index (χ0) is 57.2. The molecule has 0 N–H and O–H groups in total. The van der Waals surface area contributed by atoms with Crippen molar-refractivity contribution in [3.8, 4) is 0 Å². The Morgan fingerprint density at radius 2 is 0.600 bits per heavy atom. The van der Waals surface area contributed by atoms with Crippen LogP contribution in [0, 0.1) is 11.8 Å². The molecule has 80 heavy (non-hydrogen) atoms. The third-order valence-electron chi connectivity index (χ3n) is 18.3. The molecule has 2 atom stereocenters. The standard InChI is InChI=1S/C78H132N2/c1-7-13-19-23-26-28-30-32-34-36-38-40-42-44-47-57-69(55-17-11-5)65-67-71-59-51-53-61-73(71)77-75(63-49-22-16-10-4)76(64-50-46-25-21-15-9-3)78(80(77)79)74-62-54-52-60-72(74)68-66-70(56-18-12-6)58-48-45-43-41-39-37-35-33-31-29-27-24-20-14-8-2/h44-45,47-48,51-54,59-62,69-70H,7-43,46,49-50,55-58,63-68H2,1-6H3. The molecule has 0 aromatic heterocycles. The molecule has 0 saturated carbocycles. The Bertz CT molecular complexity index is 1910. The molecular formula is C78H132N2. The number of aryl methyl sites for hydroxylation is 2. The van der Waals surface area contributed by atoms with Gasteiger partial charge >= 0.3 is 0 Å². The molecule has 0 bridgehead atoms. The van der Waals surface area contributed by atoms with Crippen LogP contribution in [0.15, 0.2) is 84.0 Å². The van der Waals surface area contributed by atoms with Crippen LogP contribution in [0.4, 0.5) is 0 Å². The summed E-state index contributed by atoms with van der Waals surface area (Å²) in [7, 11) is 0. The summed E-state index contributed by atoms with van der Waals surface area (Å²) in [4.78, 5) is 0. The van der Waals surface area contributed by atoms with E-state index in [9.17, 15) is 5.53 Å². The van der Waals surface area contributed by atoms with Crippen molar-refractivity contribution in [2.24, 2.45) is 11.8 Å². The fraction of sp³-hybridized carbons (Fsp3) is 0.744. The van der Waals surface area contributed by atoms with E-state index in [1.54, 1.807) is 4.70 Å². The molecule has 0 amide bonds. The molecule has 0 fully saturated rings. The summed E-state index contributed by atoms with van der Waals surface area (Å²) in [6, 6.07) is 18.5. The minimum atomic E-state index is 0.692. The van der Waals surface area contributed by atoms with Crippen molar-refractivity contribution in [1.82, 2.24) is 0 Å². The molecule has 2 aromatic rings. The number of hydrogen-bond donors (Lipinski definition) is 0. The Labute approximate surface area is 499 Å². The Morgan fingerprint density at radius 3 is 0.938 bits per heavy atom. The quantitative estimate of drug-likeness (QED) is 0.0358. The van der Waals surface area contributed by atoms with Crippen molar-refractivity contribution < 1.29 is 4.70 Å². The number of unbranched alkanes of at least 4 members (excludes halogenated alkanes) is 34. The first-order chi connectivity index (χ1) is 39.5. The van der Waals surface area contributed by atoms with Crippen LogP contribution in [0.5, 0.6) is 0 Å². The lowest BCUT2D eigenvalue weighted by molar-refractivity contribution is -0.345. The first-order valence-corrected chi connectivity index (χ1v) is 36.0. The third kappa shape index (κ3) is 32.2. The average Bonchev–Trinajstić information content (AvgIpc) is 3.85. The average molecular weight is 1100 g/mol. The van der Waals surface area contributed by atoms with Gasteiger partial charge in [0.05, 0.1) is 0 Å². The largest absolute Gasteiger partial charge is 0.493 e. The van der Waals surface area contributed by atoms with Crippen LogP contribution in [0.2, 0.25) is 0 Å². The van der Waals surface area contributed by atoms with Gasteiger partial charge in [-0.05, 0) is 125 Å². The molecule has 2 heteroatoms. The smallest absolute Gasteiger partial charge is 0.211 e. The van der Waals surface area contributed by atoms with Crippen molar-refractivity contribution in [3.05, 3.63) is 112 Å². The fourth-order valence-corrected chi connectivity index (χ4v) is 13.0. The van der Waals surface area contributed by atoms with Crippen molar-refractivity contribution in [1.29, 1.82) is 0 Å². The summed E-state index contributed by atoms with van der Waals surface area (Å²) >= 11 is 0. The van der Waals surface area contributed by atoms with E-state index < -0.39 is 0 Å². The van der Waals surface area contributed by atoms with Crippen LogP contribution in [-0.4, -0.2) is 4.70 Å². The topological polar surface area (TPSA) is 25.3 Å². The minimum absolute atomic E-state index is 0.692. The molecule has 1 aliphatic rings. The van der Waals surface area contributed by atoms with E-state index in [1.807, 2.05) is 0 Å². The summed E-state index contributed by atoms with van der Waals surface area (Å²) < 4.78 is 1.74. The highest BCUT2D eigenvalue weighted by molar-refractivity contribution is 5.83. The van der Waals surface area contributed by atoms with Crippen molar-refractivity contribution in [3.63, 3.8) is 0 Å². The molecule has 0 radical (unpaired) electrons. The molecule has 1 heterocycles. The number of hydrogen-bond acceptors (Lipinski definition) is 0. The third-order valence-corrected chi connectivity index (χ3v) is 18.3. The maximum absolute atomic E-state index is 13.1. The van der Waals surface area contributed by atoms with E-state index in [-0.39, 0.29) is 0 Å². The first-order valence-electron chi connectivity index (χ1n) is 36.0. The monoisotopic (exact) mass is 1100 g/mol. The van der Waals surface area contributed by atoms with E-state index in [1.165, 1.54) is 329 Å². The van der Waals surface area contributed by atoms with Gasteiger partial charge in [0.15, 0.2) is 0 Å². The Morgan fingerprint density at radius 1 is 0.312 bits per heavy atom. The second kappa shape index (κ2) is 50.5. The van der Waals surface area contributed by atoms with Crippen molar-refractivity contribution in [2.75, 3.05) is 0 Å². The summed E-state index contributed by atoms with van der Waals surface area (Å²) in [5.41, 5.74) is 23.5. The molecule has 3 rings (SSSR count). The number of rotatable bonds is 56. The zero-order valence-electron chi connectivity index (χ0n) is 54.3. The Balaban J connectivity index is 1.77. The van der Waals surface area contributed by atoms with Crippen LogP contribution in [-0.2, 0) is 12.8 Å². The van der Waals surface area contributed by atoms with E-state index in [0.717, 1.165) is 37.1 Å². The molecule has 2 nitrogen and oxygen atoms in total. The number of nitrogens with zero attached hydrogens (tertiary/aromatic N) is 2. The summed E-state index contributed by atoms with van der Waals surface area (Å²) in [5, 5.41) is 0. The number of allylic oxidation sites excluding steroid dienone is 6. The lowest BCUT2D eigenvalue weighted by atomic mass is 9.87. The lowest BCUT2D eigenvalue weighted by Crippen LogP contribution is -2.09. The van der Waals surface area contributed by atoms with Crippen molar-refractivity contribution in [2.45, 2.75) is 363 Å². The molecule has 0 aliphatic carbocycles. The van der Waals surface area contributed by atoms with Gasteiger partial charge in [-0.1, -0.05) is 333 Å². The van der Waals surface area contributed by atoms with Gasteiger partial charge in [-0.2, -0.15) is 0 Å². The second-order valence-corrected chi connectivity index (χ2v) is 25.5. The Kier molecular flexibility index (Phi) is 45.0. The highest BCUT2D eigenvalue weighted by Gasteiger charge is 2.37. The van der Waals surface area contributed by atoms with Gasteiger partial charge in [0, 0.05) is 22.3 Å². The van der Waals surface area contributed by atoms with E-state index >= 15 is 0 Å². The second-order valence-electron chi connectivity index (χ2n) is 25.5. The number of benzene rings is 2. The van der Waals surface area contributed by atoms with Gasteiger partial charge in [0.2, 0.25) is 11.4 Å².